The van der Waals surface area contributed by atoms with Crippen LogP contribution in [0.25, 0.3) is 23.0 Å². The van der Waals surface area contributed by atoms with Crippen molar-refractivity contribution in [2.45, 2.75) is 5.37 Å². The second-order valence-electron chi connectivity index (χ2n) is 8.66. The molecule has 38 heavy (non-hydrogen) atoms. The van der Waals surface area contributed by atoms with E-state index in [-0.39, 0.29) is 11.3 Å². The molecule has 1 atom stereocenters. The van der Waals surface area contributed by atoms with Crippen LogP contribution in [0.5, 0.6) is 5.75 Å². The van der Waals surface area contributed by atoms with E-state index in [0.717, 1.165) is 28.1 Å². The van der Waals surface area contributed by atoms with Gasteiger partial charge in [0.05, 0.1) is 23.4 Å². The van der Waals surface area contributed by atoms with Crippen molar-refractivity contribution in [3.63, 3.8) is 0 Å². The lowest BCUT2D eigenvalue weighted by atomic mass is 10.1. The molecule has 0 spiro atoms. The van der Waals surface area contributed by atoms with E-state index in [1.165, 1.54) is 11.8 Å². The van der Waals surface area contributed by atoms with E-state index in [1.807, 2.05) is 120 Å². The Kier molecular flexibility index (Phi) is 6.50. The van der Waals surface area contributed by atoms with Crippen molar-refractivity contribution in [1.82, 2.24) is 14.8 Å². The molecule has 186 valence electrons. The number of pyridine rings is 1. The van der Waals surface area contributed by atoms with Crippen molar-refractivity contribution in [1.29, 1.82) is 0 Å². The molecule has 3 heterocycles. The molecule has 0 aliphatic carbocycles. The van der Waals surface area contributed by atoms with Crippen LogP contribution in [0.4, 0.5) is 5.82 Å². The molecule has 6 nitrogen and oxygen atoms in total. The summed E-state index contributed by atoms with van der Waals surface area (Å²) in [5.41, 5.74) is 4.51. The average Bonchev–Trinajstić information content (AvgIpc) is 3.56. The Labute approximate surface area is 225 Å². The van der Waals surface area contributed by atoms with Crippen molar-refractivity contribution in [2.75, 3.05) is 12.0 Å². The number of benzene rings is 3. The topological polar surface area (TPSA) is 60.2 Å². The molecule has 0 N–H and O–H groups in total. The van der Waals surface area contributed by atoms with E-state index in [9.17, 15) is 4.79 Å². The minimum absolute atomic E-state index is 0.115. The number of carbonyl (C=O) groups excluding carboxylic acids is 1. The predicted molar refractivity (Wildman–Crippen MR) is 152 cm³/mol. The van der Waals surface area contributed by atoms with Gasteiger partial charge in [-0.3, -0.25) is 9.69 Å². The third-order valence-corrected chi connectivity index (χ3v) is 7.54. The summed E-state index contributed by atoms with van der Waals surface area (Å²) in [6, 6.07) is 33.3. The average molecular weight is 517 g/mol. The van der Waals surface area contributed by atoms with Crippen molar-refractivity contribution < 1.29 is 9.53 Å². The van der Waals surface area contributed by atoms with Crippen molar-refractivity contribution >= 4 is 29.6 Å². The Balaban J connectivity index is 1.52. The van der Waals surface area contributed by atoms with Crippen LogP contribution >= 0.6 is 11.8 Å². The number of hydrogen-bond acceptors (Lipinski definition) is 5. The molecule has 5 aromatic rings. The molecule has 1 unspecified atom stereocenters. The number of nitrogens with zero attached hydrogens (tertiary/aromatic N) is 4. The molecule has 3 aromatic carbocycles. The van der Waals surface area contributed by atoms with E-state index in [0.29, 0.717) is 16.5 Å². The molecule has 7 heteroatoms. The first-order valence-electron chi connectivity index (χ1n) is 12.2. The van der Waals surface area contributed by atoms with Crippen LogP contribution in [0.15, 0.2) is 120 Å². The van der Waals surface area contributed by atoms with Gasteiger partial charge in [0.1, 0.15) is 16.9 Å². The number of hydrogen-bond donors (Lipinski definition) is 0. The van der Waals surface area contributed by atoms with E-state index >= 15 is 0 Å². The summed E-state index contributed by atoms with van der Waals surface area (Å²) in [5, 5.41) is 4.62. The zero-order valence-corrected chi connectivity index (χ0v) is 21.5. The number of carbonyl (C=O) groups is 1. The summed E-state index contributed by atoms with van der Waals surface area (Å²) in [5.74, 6) is 1.18. The first-order valence-corrected chi connectivity index (χ1v) is 13.1. The first kappa shape index (κ1) is 23.8. The largest absolute Gasteiger partial charge is 0.496 e. The SMILES string of the molecule is COc1ccccc1C=C1SC(c2cn(-c3ccccc3)nc2-c2ccccc2)N(c2ccccn2)C1=O. The minimum Gasteiger partial charge on any atom is -0.496 e. The van der Waals surface area contributed by atoms with Crippen LogP contribution in [0.2, 0.25) is 0 Å². The normalized spacial score (nSPS) is 16.2. The number of rotatable bonds is 6. The Morgan fingerprint density at radius 1 is 0.868 bits per heavy atom. The Bertz CT molecular complexity index is 1600. The summed E-state index contributed by atoms with van der Waals surface area (Å²) in [6.07, 6.45) is 5.62. The van der Waals surface area contributed by atoms with Crippen LogP contribution < -0.4 is 9.64 Å². The highest BCUT2D eigenvalue weighted by Gasteiger charge is 2.41. The summed E-state index contributed by atoms with van der Waals surface area (Å²) < 4.78 is 7.41. The van der Waals surface area contributed by atoms with Gasteiger partial charge in [-0.15, -0.1) is 0 Å². The zero-order chi connectivity index (χ0) is 25.9. The molecule has 1 saturated heterocycles. The second kappa shape index (κ2) is 10.4. The molecule has 6 rings (SSSR count). The summed E-state index contributed by atoms with van der Waals surface area (Å²) in [6.45, 7) is 0. The number of anilines is 1. The molecule has 1 aliphatic heterocycles. The van der Waals surface area contributed by atoms with Crippen LogP contribution in [-0.4, -0.2) is 27.8 Å². The molecule has 1 fully saturated rings. The number of thioether (sulfide) groups is 1. The fourth-order valence-corrected chi connectivity index (χ4v) is 5.74. The van der Waals surface area contributed by atoms with Crippen LogP contribution in [-0.2, 0) is 4.79 Å². The standard InChI is InChI=1S/C31H24N4O2S/c1-37-26-17-9-8-14-23(26)20-27-30(36)35(28-18-10-11-19-32-28)31(38-27)25-21-34(24-15-6-3-7-16-24)33-29(25)22-12-4-2-5-13-22/h2-21,31H,1H3. The number of methoxy groups -OCH3 is 1. The van der Waals surface area contributed by atoms with Gasteiger partial charge in [0, 0.05) is 29.1 Å². The van der Waals surface area contributed by atoms with Gasteiger partial charge in [-0.05, 0) is 36.4 Å². The van der Waals surface area contributed by atoms with E-state index in [1.54, 1.807) is 18.2 Å². The monoisotopic (exact) mass is 516 g/mol. The van der Waals surface area contributed by atoms with Gasteiger partial charge in [-0.25, -0.2) is 9.67 Å². The number of ether oxygens (including phenoxy) is 1. The molecular formula is C31H24N4O2S. The fraction of sp³-hybridized carbons (Fsp3) is 0.0645. The molecular weight excluding hydrogens is 492 g/mol. The molecule has 0 saturated carbocycles. The van der Waals surface area contributed by atoms with Gasteiger partial charge < -0.3 is 4.74 Å². The van der Waals surface area contributed by atoms with Crippen molar-refractivity contribution in [3.8, 4) is 22.7 Å². The Morgan fingerprint density at radius 3 is 2.32 bits per heavy atom. The van der Waals surface area contributed by atoms with Gasteiger partial charge in [0.15, 0.2) is 0 Å². The molecule has 1 amide bonds. The van der Waals surface area contributed by atoms with Gasteiger partial charge in [-0.1, -0.05) is 84.6 Å². The maximum Gasteiger partial charge on any atom is 0.267 e. The van der Waals surface area contributed by atoms with E-state index in [4.69, 9.17) is 9.84 Å². The lowest BCUT2D eigenvalue weighted by Crippen LogP contribution is -2.28. The molecule has 1 aliphatic rings. The maximum atomic E-state index is 13.9. The van der Waals surface area contributed by atoms with E-state index < -0.39 is 0 Å². The number of amides is 1. The highest BCUT2D eigenvalue weighted by molar-refractivity contribution is 8.05. The molecule has 0 radical (unpaired) electrons. The summed E-state index contributed by atoms with van der Waals surface area (Å²) >= 11 is 1.49. The zero-order valence-electron chi connectivity index (χ0n) is 20.6. The third-order valence-electron chi connectivity index (χ3n) is 6.30. The van der Waals surface area contributed by atoms with Crippen LogP contribution in [0.3, 0.4) is 0 Å². The third kappa shape index (κ3) is 4.48. The molecule has 0 bridgehead atoms. The van der Waals surface area contributed by atoms with Crippen molar-refractivity contribution in [3.05, 3.63) is 132 Å². The maximum absolute atomic E-state index is 13.9. The quantitative estimate of drug-likeness (QED) is 0.233. The number of aromatic nitrogens is 3. The van der Waals surface area contributed by atoms with Crippen LogP contribution in [0, 0.1) is 0 Å². The second-order valence-corrected chi connectivity index (χ2v) is 9.79. The first-order chi connectivity index (χ1) is 18.7. The molecule has 2 aromatic heterocycles. The van der Waals surface area contributed by atoms with Gasteiger partial charge in [0.25, 0.3) is 5.91 Å². The highest BCUT2D eigenvalue weighted by atomic mass is 32.2. The van der Waals surface area contributed by atoms with Gasteiger partial charge >= 0.3 is 0 Å². The van der Waals surface area contributed by atoms with Crippen LogP contribution in [0.1, 0.15) is 16.5 Å². The van der Waals surface area contributed by atoms with Gasteiger partial charge in [0.2, 0.25) is 0 Å². The smallest absolute Gasteiger partial charge is 0.267 e. The van der Waals surface area contributed by atoms with Gasteiger partial charge in [-0.2, -0.15) is 5.10 Å². The summed E-state index contributed by atoms with van der Waals surface area (Å²) in [7, 11) is 1.63. The summed E-state index contributed by atoms with van der Waals surface area (Å²) in [4.78, 5) is 20.9. The Morgan fingerprint density at radius 2 is 1.58 bits per heavy atom. The van der Waals surface area contributed by atoms with E-state index in [2.05, 4.69) is 4.98 Å². The highest BCUT2D eigenvalue weighted by Crippen LogP contribution is 2.50. The lowest BCUT2D eigenvalue weighted by Gasteiger charge is -2.22. The fourth-order valence-electron chi connectivity index (χ4n) is 4.50. The minimum atomic E-state index is -0.369. The Hall–Kier alpha value is -4.62. The number of para-hydroxylation sites is 2. The lowest BCUT2D eigenvalue weighted by molar-refractivity contribution is -0.114. The van der Waals surface area contributed by atoms with Crippen molar-refractivity contribution in [2.24, 2.45) is 0 Å². The predicted octanol–water partition coefficient (Wildman–Crippen LogP) is 6.76.